The maximum atomic E-state index is 13.1. The molecule has 2 atom stereocenters. The SMILES string of the molecule is CCOP(=O)(Sc1ccc(OS(=O)(=O)c2ccc(C)cc2)cc1)SC(C)CC. The summed E-state index contributed by atoms with van der Waals surface area (Å²) in [5.41, 5.74) is 0.967. The minimum atomic E-state index is -3.90. The maximum absolute atomic E-state index is 13.1. The van der Waals surface area contributed by atoms with E-state index in [-0.39, 0.29) is 15.9 Å². The number of rotatable bonds is 10. The Morgan fingerprint density at radius 3 is 2.18 bits per heavy atom. The van der Waals surface area contributed by atoms with E-state index < -0.39 is 15.9 Å². The van der Waals surface area contributed by atoms with Crippen LogP contribution in [0.3, 0.4) is 0 Å². The summed E-state index contributed by atoms with van der Waals surface area (Å²) in [7, 11) is -3.90. The van der Waals surface area contributed by atoms with Crippen LogP contribution in [0.2, 0.25) is 0 Å². The third-order valence-electron chi connectivity index (χ3n) is 3.73. The van der Waals surface area contributed by atoms with Crippen LogP contribution in [0.25, 0.3) is 0 Å². The largest absolute Gasteiger partial charge is 0.379 e. The summed E-state index contributed by atoms with van der Waals surface area (Å²) in [5, 5.41) is 0.215. The fourth-order valence-corrected chi connectivity index (χ4v) is 11.1. The molecule has 0 bridgehead atoms. The van der Waals surface area contributed by atoms with Crippen molar-refractivity contribution in [1.82, 2.24) is 0 Å². The third-order valence-corrected chi connectivity index (χ3v) is 12.5. The molecule has 0 amide bonds. The lowest BCUT2D eigenvalue weighted by atomic mass is 10.2. The van der Waals surface area contributed by atoms with Gasteiger partial charge in [0, 0.05) is 10.1 Å². The van der Waals surface area contributed by atoms with Crippen molar-refractivity contribution in [2.75, 3.05) is 6.61 Å². The predicted octanol–water partition coefficient (Wildman–Crippen LogP) is 6.53. The molecule has 0 heterocycles. The normalized spacial score (nSPS) is 15.0. The molecule has 2 unspecified atom stereocenters. The fraction of sp³-hybridized carbons (Fsp3) is 0.368. The quantitative estimate of drug-likeness (QED) is 0.295. The van der Waals surface area contributed by atoms with Crippen molar-refractivity contribution in [2.45, 2.75) is 49.2 Å². The summed E-state index contributed by atoms with van der Waals surface area (Å²) < 4.78 is 48.5. The van der Waals surface area contributed by atoms with E-state index in [1.807, 2.05) is 27.7 Å². The molecule has 0 N–H and O–H groups in total. The van der Waals surface area contributed by atoms with Crippen molar-refractivity contribution in [3.63, 3.8) is 0 Å². The second-order valence-corrected chi connectivity index (χ2v) is 15.2. The van der Waals surface area contributed by atoms with Crippen molar-refractivity contribution < 1.29 is 21.7 Å². The highest BCUT2D eigenvalue weighted by Crippen LogP contribution is 2.73. The van der Waals surface area contributed by atoms with Gasteiger partial charge in [-0.3, -0.25) is 4.57 Å². The average molecular weight is 461 g/mol. The molecule has 0 fully saturated rings. The number of benzene rings is 2. The van der Waals surface area contributed by atoms with E-state index in [1.54, 1.807) is 36.4 Å². The molecule has 0 aromatic heterocycles. The van der Waals surface area contributed by atoms with Crippen LogP contribution in [0, 0.1) is 6.92 Å². The van der Waals surface area contributed by atoms with Crippen molar-refractivity contribution in [2.24, 2.45) is 0 Å². The first kappa shape index (κ1) is 23.4. The molecule has 0 aliphatic carbocycles. The number of hydrogen-bond acceptors (Lipinski definition) is 7. The minimum Gasteiger partial charge on any atom is -0.379 e. The zero-order valence-corrected chi connectivity index (χ0v) is 19.7. The molecule has 2 aromatic carbocycles. The van der Waals surface area contributed by atoms with Gasteiger partial charge in [-0.2, -0.15) is 8.42 Å². The van der Waals surface area contributed by atoms with E-state index in [0.29, 0.717) is 6.61 Å². The lowest BCUT2D eigenvalue weighted by molar-refractivity contribution is 0.357. The van der Waals surface area contributed by atoms with Gasteiger partial charge in [0.25, 0.3) is 0 Å². The highest BCUT2D eigenvalue weighted by molar-refractivity contribution is 8.89. The average Bonchev–Trinajstić information content (AvgIpc) is 2.63. The van der Waals surface area contributed by atoms with Crippen molar-refractivity contribution in [3.8, 4) is 5.75 Å². The predicted molar refractivity (Wildman–Crippen MR) is 118 cm³/mol. The summed E-state index contributed by atoms with van der Waals surface area (Å²) >= 11 is 2.52. The van der Waals surface area contributed by atoms with Crippen LogP contribution < -0.4 is 4.18 Å². The van der Waals surface area contributed by atoms with Crippen LogP contribution in [-0.2, 0) is 19.2 Å². The Hall–Kier alpha value is -0.920. The molecule has 5 nitrogen and oxygen atoms in total. The summed E-state index contributed by atoms with van der Waals surface area (Å²) in [6, 6.07) is 12.9. The molecule has 2 aromatic rings. The van der Waals surface area contributed by atoms with Gasteiger partial charge in [0.15, 0.2) is 0 Å². The Morgan fingerprint density at radius 2 is 1.64 bits per heavy atom. The van der Waals surface area contributed by atoms with Crippen LogP contribution in [0.4, 0.5) is 0 Å². The molecule has 0 radical (unpaired) electrons. The lowest BCUT2D eigenvalue weighted by Crippen LogP contribution is -2.09. The van der Waals surface area contributed by atoms with Gasteiger partial charge in [0.1, 0.15) is 10.6 Å². The van der Waals surface area contributed by atoms with Gasteiger partial charge in [-0.1, -0.05) is 42.9 Å². The van der Waals surface area contributed by atoms with Crippen LogP contribution in [0.5, 0.6) is 5.75 Å². The topological polar surface area (TPSA) is 69.7 Å². The Kier molecular flexibility index (Phi) is 8.52. The van der Waals surface area contributed by atoms with E-state index in [4.69, 9.17) is 8.71 Å². The van der Waals surface area contributed by atoms with E-state index in [9.17, 15) is 13.0 Å². The fourth-order valence-electron chi connectivity index (χ4n) is 2.10. The van der Waals surface area contributed by atoms with Crippen molar-refractivity contribution >= 4 is 38.7 Å². The van der Waals surface area contributed by atoms with Gasteiger partial charge in [-0.15, -0.1) is 0 Å². The van der Waals surface area contributed by atoms with Crippen molar-refractivity contribution in [1.29, 1.82) is 0 Å². The van der Waals surface area contributed by atoms with E-state index >= 15 is 0 Å². The maximum Gasteiger partial charge on any atom is 0.339 e. The monoisotopic (exact) mass is 460 g/mol. The summed E-state index contributed by atoms with van der Waals surface area (Å²) in [5.74, 6) is -2.75. The minimum absolute atomic E-state index is 0.0994. The Labute approximate surface area is 175 Å². The van der Waals surface area contributed by atoms with Crippen LogP contribution in [0.1, 0.15) is 32.8 Å². The molecule has 0 aliphatic rings. The molecular weight excluding hydrogens is 435 g/mol. The first-order valence-corrected chi connectivity index (χ1v) is 14.8. The first-order chi connectivity index (χ1) is 13.2. The number of hydrogen-bond donors (Lipinski definition) is 0. The van der Waals surface area contributed by atoms with Gasteiger partial charge >= 0.3 is 15.9 Å². The first-order valence-electron chi connectivity index (χ1n) is 8.91. The second-order valence-electron chi connectivity index (χ2n) is 6.10. The zero-order chi connectivity index (χ0) is 20.8. The lowest BCUT2D eigenvalue weighted by Gasteiger charge is -2.19. The highest BCUT2D eigenvalue weighted by Gasteiger charge is 2.28. The smallest absolute Gasteiger partial charge is 0.339 e. The van der Waals surface area contributed by atoms with Gasteiger partial charge in [-0.05, 0) is 68.0 Å². The van der Waals surface area contributed by atoms with E-state index in [2.05, 4.69) is 0 Å². The molecule has 0 saturated heterocycles. The summed E-state index contributed by atoms with van der Waals surface area (Å²) in [6.45, 7) is 8.12. The highest BCUT2D eigenvalue weighted by atomic mass is 33.1. The summed E-state index contributed by atoms with van der Waals surface area (Å²) in [6.07, 6.45) is 0.895. The van der Waals surface area contributed by atoms with Gasteiger partial charge in [0.05, 0.1) is 6.61 Å². The van der Waals surface area contributed by atoms with Gasteiger partial charge < -0.3 is 8.71 Å². The molecule has 0 aliphatic heterocycles. The molecule has 2 rings (SSSR count). The third kappa shape index (κ3) is 6.85. The summed E-state index contributed by atoms with van der Waals surface area (Å²) in [4.78, 5) is 0.829. The molecule has 0 spiro atoms. The Bertz CT molecular complexity index is 912. The second kappa shape index (κ2) is 10.2. The molecular formula is C19H25O5PS3. The van der Waals surface area contributed by atoms with Gasteiger partial charge in [-0.25, -0.2) is 0 Å². The van der Waals surface area contributed by atoms with Crippen LogP contribution in [0.15, 0.2) is 58.3 Å². The zero-order valence-electron chi connectivity index (χ0n) is 16.3. The van der Waals surface area contributed by atoms with Crippen LogP contribution in [-0.4, -0.2) is 20.3 Å². The van der Waals surface area contributed by atoms with Gasteiger partial charge in [0.2, 0.25) is 0 Å². The Balaban J connectivity index is 2.11. The molecule has 154 valence electrons. The van der Waals surface area contributed by atoms with Crippen molar-refractivity contribution in [3.05, 3.63) is 54.1 Å². The van der Waals surface area contributed by atoms with Crippen LogP contribution >= 0.6 is 28.5 Å². The van der Waals surface area contributed by atoms with E-state index in [0.717, 1.165) is 16.9 Å². The standard InChI is InChI=1S/C19H25O5PS3/c1-5-16(4)26-25(20,23-6-2)27-18-11-9-17(10-12-18)24-28(21,22)19-13-7-15(3)8-14-19/h7-14,16H,5-6H2,1-4H3. The number of aryl methyl sites for hydroxylation is 1. The Morgan fingerprint density at radius 1 is 1.04 bits per heavy atom. The molecule has 28 heavy (non-hydrogen) atoms. The van der Waals surface area contributed by atoms with E-state index in [1.165, 1.54) is 34.9 Å². The molecule has 9 heteroatoms. The molecule has 0 saturated carbocycles.